The molecule has 1 aliphatic rings. The topological polar surface area (TPSA) is 55.3 Å². The number of anilines is 2. The highest BCUT2D eigenvalue weighted by Gasteiger charge is 2.10. The summed E-state index contributed by atoms with van der Waals surface area (Å²) in [5.41, 5.74) is 14.1. The van der Waals surface area contributed by atoms with E-state index >= 15 is 0 Å². The minimum absolute atomic E-state index is 0.680. The van der Waals surface area contributed by atoms with Crippen molar-refractivity contribution in [1.82, 2.24) is 4.90 Å². The summed E-state index contributed by atoms with van der Waals surface area (Å²) in [7, 11) is 0. The van der Waals surface area contributed by atoms with Gasteiger partial charge in [0.05, 0.1) is 11.4 Å². The number of hydrogen-bond acceptors (Lipinski definition) is 3. The van der Waals surface area contributed by atoms with Crippen LogP contribution < -0.4 is 11.5 Å². The van der Waals surface area contributed by atoms with Crippen molar-refractivity contribution in [3.8, 4) is 0 Å². The van der Waals surface area contributed by atoms with Gasteiger partial charge >= 0.3 is 0 Å². The van der Waals surface area contributed by atoms with Gasteiger partial charge in [-0.15, -0.1) is 0 Å². The summed E-state index contributed by atoms with van der Waals surface area (Å²) in [4.78, 5) is 2.51. The Balaban J connectivity index is 1.90. The molecule has 0 saturated carbocycles. The van der Waals surface area contributed by atoms with Crippen LogP contribution in [0.15, 0.2) is 18.2 Å². The second-order valence-corrected chi connectivity index (χ2v) is 4.26. The fraction of sp³-hybridized carbons (Fsp3) is 0.500. The van der Waals surface area contributed by atoms with Crippen molar-refractivity contribution in [1.29, 1.82) is 0 Å². The lowest BCUT2D eigenvalue weighted by molar-refractivity contribution is 0.343. The number of benzene rings is 1. The molecule has 2 rings (SSSR count). The van der Waals surface area contributed by atoms with Gasteiger partial charge in [-0.25, -0.2) is 0 Å². The maximum Gasteiger partial charge on any atom is 0.0550 e. The zero-order chi connectivity index (χ0) is 10.7. The monoisotopic (exact) mass is 205 g/mol. The molecule has 4 N–H and O–H groups in total. The molecule has 3 heteroatoms. The van der Waals surface area contributed by atoms with E-state index in [9.17, 15) is 0 Å². The second-order valence-electron chi connectivity index (χ2n) is 4.26. The van der Waals surface area contributed by atoms with Gasteiger partial charge in [-0.3, -0.25) is 0 Å². The minimum atomic E-state index is 0.680. The number of likely N-dealkylation sites (tertiary alicyclic amines) is 1. The summed E-state index contributed by atoms with van der Waals surface area (Å²) in [5.74, 6) is 0. The lowest BCUT2D eigenvalue weighted by Gasteiger charge is -2.14. The summed E-state index contributed by atoms with van der Waals surface area (Å²) in [5, 5.41) is 0. The fourth-order valence-corrected chi connectivity index (χ4v) is 2.07. The summed E-state index contributed by atoms with van der Waals surface area (Å²) in [6, 6.07) is 5.96. The molecular weight excluding hydrogens is 186 g/mol. The van der Waals surface area contributed by atoms with Gasteiger partial charge in [-0.05, 0) is 50.0 Å². The van der Waals surface area contributed by atoms with Crippen LogP contribution in [0.1, 0.15) is 18.4 Å². The molecule has 3 nitrogen and oxygen atoms in total. The molecule has 1 aliphatic heterocycles. The zero-order valence-corrected chi connectivity index (χ0v) is 9.08. The first-order valence-electron chi connectivity index (χ1n) is 5.62. The van der Waals surface area contributed by atoms with Gasteiger partial charge in [-0.2, -0.15) is 0 Å². The first-order chi connectivity index (χ1) is 7.25. The van der Waals surface area contributed by atoms with Crippen LogP contribution in [-0.2, 0) is 6.42 Å². The molecule has 0 amide bonds. The van der Waals surface area contributed by atoms with E-state index in [0.717, 1.165) is 13.0 Å². The highest BCUT2D eigenvalue weighted by Crippen LogP contribution is 2.17. The van der Waals surface area contributed by atoms with E-state index in [4.69, 9.17) is 11.5 Å². The first kappa shape index (κ1) is 10.3. The van der Waals surface area contributed by atoms with Crippen LogP contribution in [-0.4, -0.2) is 24.5 Å². The van der Waals surface area contributed by atoms with E-state index in [1.165, 1.54) is 31.5 Å². The van der Waals surface area contributed by atoms with Crippen molar-refractivity contribution in [2.45, 2.75) is 19.3 Å². The Hall–Kier alpha value is -1.22. The van der Waals surface area contributed by atoms with Crippen molar-refractivity contribution in [3.05, 3.63) is 23.8 Å². The predicted molar refractivity (Wildman–Crippen MR) is 64.6 cm³/mol. The van der Waals surface area contributed by atoms with Gasteiger partial charge in [-0.1, -0.05) is 6.07 Å². The van der Waals surface area contributed by atoms with Crippen LogP contribution in [0.3, 0.4) is 0 Å². The van der Waals surface area contributed by atoms with E-state index in [1.807, 2.05) is 12.1 Å². The molecule has 0 aliphatic carbocycles. The van der Waals surface area contributed by atoms with Crippen molar-refractivity contribution in [2.75, 3.05) is 31.1 Å². The SMILES string of the molecule is Nc1ccc(CCN2CCCC2)cc1N. The largest absolute Gasteiger partial charge is 0.397 e. The molecule has 1 aromatic rings. The van der Waals surface area contributed by atoms with E-state index < -0.39 is 0 Å². The van der Waals surface area contributed by atoms with Crippen molar-refractivity contribution in [2.24, 2.45) is 0 Å². The minimum Gasteiger partial charge on any atom is -0.397 e. The zero-order valence-electron chi connectivity index (χ0n) is 9.08. The van der Waals surface area contributed by atoms with Gasteiger partial charge in [0.1, 0.15) is 0 Å². The molecule has 1 aromatic carbocycles. The van der Waals surface area contributed by atoms with E-state index in [0.29, 0.717) is 11.4 Å². The molecule has 82 valence electrons. The van der Waals surface area contributed by atoms with Crippen LogP contribution in [0.5, 0.6) is 0 Å². The Kier molecular flexibility index (Phi) is 3.11. The third-order valence-electron chi connectivity index (χ3n) is 3.07. The number of nitrogen functional groups attached to an aromatic ring is 2. The van der Waals surface area contributed by atoms with Crippen molar-refractivity contribution < 1.29 is 0 Å². The Labute approximate surface area is 91.1 Å². The average Bonchev–Trinajstić information content (AvgIpc) is 2.73. The van der Waals surface area contributed by atoms with Crippen LogP contribution in [0.25, 0.3) is 0 Å². The third kappa shape index (κ3) is 2.63. The Morgan fingerprint density at radius 3 is 2.47 bits per heavy atom. The maximum absolute atomic E-state index is 5.77. The highest BCUT2D eigenvalue weighted by molar-refractivity contribution is 5.63. The number of hydrogen-bond donors (Lipinski definition) is 2. The molecule has 0 atom stereocenters. The van der Waals surface area contributed by atoms with Crippen LogP contribution in [0.4, 0.5) is 11.4 Å². The molecular formula is C12H19N3. The van der Waals surface area contributed by atoms with E-state index in [-0.39, 0.29) is 0 Å². The van der Waals surface area contributed by atoms with Crippen LogP contribution >= 0.6 is 0 Å². The lowest BCUT2D eigenvalue weighted by Crippen LogP contribution is -2.21. The van der Waals surface area contributed by atoms with E-state index in [2.05, 4.69) is 11.0 Å². The molecule has 1 heterocycles. The Morgan fingerprint density at radius 2 is 1.80 bits per heavy atom. The second kappa shape index (κ2) is 4.53. The molecule has 0 bridgehead atoms. The molecule has 15 heavy (non-hydrogen) atoms. The van der Waals surface area contributed by atoms with Gasteiger partial charge in [0, 0.05) is 6.54 Å². The molecule has 0 unspecified atom stereocenters. The van der Waals surface area contributed by atoms with Crippen molar-refractivity contribution >= 4 is 11.4 Å². The van der Waals surface area contributed by atoms with E-state index in [1.54, 1.807) is 0 Å². The smallest absolute Gasteiger partial charge is 0.0550 e. The summed E-state index contributed by atoms with van der Waals surface area (Å²) in [6.45, 7) is 3.65. The highest BCUT2D eigenvalue weighted by atomic mass is 15.1. The quantitative estimate of drug-likeness (QED) is 0.735. The third-order valence-corrected chi connectivity index (χ3v) is 3.07. The van der Waals surface area contributed by atoms with Crippen LogP contribution in [0, 0.1) is 0 Å². The van der Waals surface area contributed by atoms with Crippen LogP contribution in [0.2, 0.25) is 0 Å². The molecule has 0 spiro atoms. The molecule has 0 radical (unpaired) electrons. The standard InChI is InChI=1S/C12H19N3/c13-11-4-3-10(9-12(11)14)5-8-15-6-1-2-7-15/h3-4,9H,1-2,5-8,13-14H2. The molecule has 0 aromatic heterocycles. The predicted octanol–water partition coefficient (Wildman–Crippen LogP) is 1.49. The summed E-state index contributed by atoms with van der Waals surface area (Å²) >= 11 is 0. The first-order valence-corrected chi connectivity index (χ1v) is 5.62. The molecule has 1 saturated heterocycles. The normalized spacial score (nSPS) is 17.1. The lowest BCUT2D eigenvalue weighted by atomic mass is 10.1. The number of nitrogens with two attached hydrogens (primary N) is 2. The Morgan fingerprint density at radius 1 is 1.07 bits per heavy atom. The fourth-order valence-electron chi connectivity index (χ4n) is 2.07. The number of rotatable bonds is 3. The van der Waals surface area contributed by atoms with Gasteiger partial charge < -0.3 is 16.4 Å². The summed E-state index contributed by atoms with van der Waals surface area (Å²) < 4.78 is 0. The number of nitrogens with zero attached hydrogens (tertiary/aromatic N) is 1. The molecule has 1 fully saturated rings. The summed E-state index contributed by atoms with van der Waals surface area (Å²) in [6.07, 6.45) is 3.78. The maximum atomic E-state index is 5.77. The van der Waals surface area contributed by atoms with Gasteiger partial charge in [0.15, 0.2) is 0 Å². The van der Waals surface area contributed by atoms with Gasteiger partial charge in [0.2, 0.25) is 0 Å². The van der Waals surface area contributed by atoms with Crippen molar-refractivity contribution in [3.63, 3.8) is 0 Å². The van der Waals surface area contributed by atoms with Gasteiger partial charge in [0.25, 0.3) is 0 Å². The Bertz CT molecular complexity index is 330. The average molecular weight is 205 g/mol.